The summed E-state index contributed by atoms with van der Waals surface area (Å²) in [5, 5.41) is 11.0. The number of rotatable bonds is 5. The zero-order valence-corrected chi connectivity index (χ0v) is 11.8. The van der Waals surface area contributed by atoms with Crippen LogP contribution in [0.4, 0.5) is 11.5 Å². The fourth-order valence-corrected chi connectivity index (χ4v) is 1.93. The lowest BCUT2D eigenvalue weighted by atomic mass is 10.1. The van der Waals surface area contributed by atoms with Crippen LogP contribution in [-0.4, -0.2) is 9.91 Å². The van der Waals surface area contributed by atoms with Gasteiger partial charge in [0.05, 0.1) is 11.0 Å². The fourth-order valence-electron chi connectivity index (χ4n) is 1.93. The number of hydrogen-bond donors (Lipinski definition) is 2. The third kappa shape index (κ3) is 3.46. The largest absolute Gasteiger partial charge is 0.488 e. The Labute approximate surface area is 121 Å². The zero-order chi connectivity index (χ0) is 15.4. The number of hydrogen-bond acceptors (Lipinski definition) is 6. The number of hydrazine groups is 1. The molecule has 0 aliphatic rings. The Bertz CT molecular complexity index is 656. The minimum Gasteiger partial charge on any atom is -0.488 e. The highest BCUT2D eigenvalue weighted by molar-refractivity contribution is 5.49. The molecule has 21 heavy (non-hydrogen) atoms. The number of benzene rings is 1. The second kappa shape index (κ2) is 6.19. The van der Waals surface area contributed by atoms with Crippen molar-refractivity contribution in [2.24, 2.45) is 5.84 Å². The van der Waals surface area contributed by atoms with E-state index in [-0.39, 0.29) is 12.3 Å². The molecule has 110 valence electrons. The molecule has 7 nitrogen and oxygen atoms in total. The van der Waals surface area contributed by atoms with Gasteiger partial charge in [-0.3, -0.25) is 10.1 Å². The Balaban J connectivity index is 2.15. The van der Waals surface area contributed by atoms with Gasteiger partial charge in [0.25, 0.3) is 5.69 Å². The van der Waals surface area contributed by atoms with Crippen LogP contribution < -0.4 is 16.0 Å². The molecule has 2 aromatic rings. The molecule has 0 amide bonds. The molecule has 0 aliphatic heterocycles. The van der Waals surface area contributed by atoms with Gasteiger partial charge in [-0.15, -0.1) is 0 Å². The third-order valence-corrected chi connectivity index (χ3v) is 3.06. The topological polar surface area (TPSA) is 103 Å². The second-order valence-electron chi connectivity index (χ2n) is 4.65. The first-order valence-electron chi connectivity index (χ1n) is 6.31. The predicted octanol–water partition coefficient (Wildman–Crippen LogP) is 2.47. The van der Waals surface area contributed by atoms with Crippen molar-refractivity contribution in [2.75, 3.05) is 5.43 Å². The van der Waals surface area contributed by atoms with Crippen molar-refractivity contribution in [3.63, 3.8) is 0 Å². The van der Waals surface area contributed by atoms with Gasteiger partial charge in [-0.2, -0.15) is 0 Å². The van der Waals surface area contributed by atoms with Crippen LogP contribution in [0.5, 0.6) is 5.75 Å². The van der Waals surface area contributed by atoms with Gasteiger partial charge in [0.1, 0.15) is 18.2 Å². The Kier molecular flexibility index (Phi) is 4.34. The Hall–Kier alpha value is -2.67. The van der Waals surface area contributed by atoms with E-state index in [0.29, 0.717) is 17.1 Å². The number of aromatic nitrogens is 1. The molecule has 7 heteroatoms. The van der Waals surface area contributed by atoms with E-state index in [2.05, 4.69) is 10.4 Å². The molecule has 0 fully saturated rings. The fraction of sp³-hybridized carbons (Fsp3) is 0.214. The summed E-state index contributed by atoms with van der Waals surface area (Å²) in [6.07, 6.45) is 1.63. The van der Waals surface area contributed by atoms with E-state index < -0.39 is 4.92 Å². The monoisotopic (exact) mass is 288 g/mol. The summed E-state index contributed by atoms with van der Waals surface area (Å²) in [5.74, 6) is 6.29. The standard InChI is InChI=1S/C14H16N4O3/c1-9-5-10(2)13(6-12(9)18(19)20)21-8-11-3-4-14(17-15)16-7-11/h3-7H,8,15H2,1-2H3,(H,16,17). The van der Waals surface area contributed by atoms with Crippen LogP contribution in [0.25, 0.3) is 0 Å². The van der Waals surface area contributed by atoms with Crippen LogP contribution >= 0.6 is 0 Å². The lowest BCUT2D eigenvalue weighted by Crippen LogP contribution is -2.08. The second-order valence-corrected chi connectivity index (χ2v) is 4.65. The molecule has 0 radical (unpaired) electrons. The smallest absolute Gasteiger partial charge is 0.276 e. The van der Waals surface area contributed by atoms with Crippen LogP contribution in [0.2, 0.25) is 0 Å². The van der Waals surface area contributed by atoms with Crippen LogP contribution in [-0.2, 0) is 6.61 Å². The van der Waals surface area contributed by atoms with Crippen LogP contribution in [0.1, 0.15) is 16.7 Å². The van der Waals surface area contributed by atoms with E-state index in [1.165, 1.54) is 6.07 Å². The van der Waals surface area contributed by atoms with E-state index in [0.717, 1.165) is 11.1 Å². The van der Waals surface area contributed by atoms with Gasteiger partial charge in [0, 0.05) is 17.3 Å². The molecule has 0 aliphatic carbocycles. The molecule has 0 saturated heterocycles. The Morgan fingerprint density at radius 2 is 2.10 bits per heavy atom. The maximum Gasteiger partial charge on any atom is 0.276 e. The SMILES string of the molecule is Cc1cc(C)c([N+](=O)[O-])cc1OCc1ccc(NN)nc1. The van der Waals surface area contributed by atoms with Crippen molar-refractivity contribution in [3.8, 4) is 5.75 Å². The molecule has 1 aromatic carbocycles. The molecule has 1 heterocycles. The minimum absolute atomic E-state index is 0.0522. The Morgan fingerprint density at radius 3 is 2.67 bits per heavy atom. The molecule has 3 N–H and O–H groups in total. The van der Waals surface area contributed by atoms with Gasteiger partial charge in [-0.25, -0.2) is 10.8 Å². The summed E-state index contributed by atoms with van der Waals surface area (Å²) in [6, 6.07) is 6.74. The summed E-state index contributed by atoms with van der Waals surface area (Å²) >= 11 is 0. The van der Waals surface area contributed by atoms with Crippen molar-refractivity contribution in [1.29, 1.82) is 0 Å². The van der Waals surface area contributed by atoms with Crippen molar-refractivity contribution in [2.45, 2.75) is 20.5 Å². The normalized spacial score (nSPS) is 10.2. The summed E-state index contributed by atoms with van der Waals surface area (Å²) in [4.78, 5) is 14.6. The quantitative estimate of drug-likeness (QED) is 0.497. The predicted molar refractivity (Wildman–Crippen MR) is 78.9 cm³/mol. The number of aryl methyl sites for hydroxylation is 2. The summed E-state index contributed by atoms with van der Waals surface area (Å²) in [7, 11) is 0. The summed E-state index contributed by atoms with van der Waals surface area (Å²) in [6.45, 7) is 3.84. The molecular formula is C14H16N4O3. The highest BCUT2D eigenvalue weighted by atomic mass is 16.6. The van der Waals surface area contributed by atoms with Crippen molar-refractivity contribution in [1.82, 2.24) is 4.98 Å². The van der Waals surface area contributed by atoms with Gasteiger partial charge in [0.2, 0.25) is 0 Å². The first kappa shape index (κ1) is 14.7. The van der Waals surface area contributed by atoms with Gasteiger partial charge < -0.3 is 10.2 Å². The van der Waals surface area contributed by atoms with Crippen molar-refractivity contribution < 1.29 is 9.66 Å². The van der Waals surface area contributed by atoms with E-state index in [1.54, 1.807) is 25.3 Å². The van der Waals surface area contributed by atoms with E-state index in [1.807, 2.05) is 13.0 Å². The minimum atomic E-state index is -0.412. The average Bonchev–Trinajstić information content (AvgIpc) is 2.46. The first-order chi connectivity index (χ1) is 10.0. The maximum atomic E-state index is 11.0. The van der Waals surface area contributed by atoms with Crippen LogP contribution in [0, 0.1) is 24.0 Å². The number of nitrogens with one attached hydrogen (secondary N) is 1. The summed E-state index contributed by atoms with van der Waals surface area (Å²) in [5.41, 5.74) is 4.80. The number of pyridine rings is 1. The Morgan fingerprint density at radius 1 is 1.33 bits per heavy atom. The van der Waals surface area contributed by atoms with E-state index in [4.69, 9.17) is 10.6 Å². The number of nitrogens with zero attached hydrogens (tertiary/aromatic N) is 2. The van der Waals surface area contributed by atoms with Gasteiger partial charge in [-0.1, -0.05) is 6.07 Å². The molecular weight excluding hydrogens is 272 g/mol. The molecule has 1 aromatic heterocycles. The lowest BCUT2D eigenvalue weighted by molar-refractivity contribution is -0.385. The number of nitrogen functional groups attached to an aromatic ring is 1. The highest BCUT2D eigenvalue weighted by Gasteiger charge is 2.14. The molecule has 0 unspecified atom stereocenters. The van der Waals surface area contributed by atoms with Crippen molar-refractivity contribution in [3.05, 3.63) is 57.3 Å². The lowest BCUT2D eigenvalue weighted by Gasteiger charge is -2.10. The first-order valence-corrected chi connectivity index (χ1v) is 6.31. The number of anilines is 1. The van der Waals surface area contributed by atoms with Gasteiger partial charge in [0.15, 0.2) is 0 Å². The maximum absolute atomic E-state index is 11.0. The van der Waals surface area contributed by atoms with Crippen LogP contribution in [0.3, 0.4) is 0 Å². The number of ether oxygens (including phenoxy) is 1. The van der Waals surface area contributed by atoms with Crippen molar-refractivity contribution >= 4 is 11.5 Å². The molecule has 0 saturated carbocycles. The molecule has 0 atom stereocenters. The average molecular weight is 288 g/mol. The van der Waals surface area contributed by atoms with Crippen LogP contribution in [0.15, 0.2) is 30.5 Å². The highest BCUT2D eigenvalue weighted by Crippen LogP contribution is 2.28. The number of nitro benzene ring substituents is 1. The zero-order valence-electron chi connectivity index (χ0n) is 11.8. The van der Waals surface area contributed by atoms with Gasteiger partial charge >= 0.3 is 0 Å². The molecule has 2 rings (SSSR count). The number of nitro groups is 1. The third-order valence-electron chi connectivity index (χ3n) is 3.06. The number of nitrogens with two attached hydrogens (primary N) is 1. The molecule has 0 bridgehead atoms. The van der Waals surface area contributed by atoms with E-state index in [9.17, 15) is 10.1 Å². The van der Waals surface area contributed by atoms with E-state index >= 15 is 0 Å². The van der Waals surface area contributed by atoms with Gasteiger partial charge in [-0.05, 0) is 31.5 Å². The molecule has 0 spiro atoms. The summed E-state index contributed by atoms with van der Waals surface area (Å²) < 4.78 is 5.65.